The van der Waals surface area contributed by atoms with Crippen LogP contribution >= 0.6 is 0 Å². The first kappa shape index (κ1) is 16.2. The highest BCUT2D eigenvalue weighted by Crippen LogP contribution is 2.36. The van der Waals surface area contributed by atoms with Crippen molar-refractivity contribution in [1.82, 2.24) is 4.98 Å². The minimum absolute atomic E-state index is 0.241. The first-order valence-corrected chi connectivity index (χ1v) is 7.21. The molecule has 1 atom stereocenters. The van der Waals surface area contributed by atoms with Crippen molar-refractivity contribution in [3.05, 3.63) is 35.6 Å². The van der Waals surface area contributed by atoms with Gasteiger partial charge in [0.2, 0.25) is 0 Å². The van der Waals surface area contributed by atoms with Crippen LogP contribution in [0.15, 0.2) is 24.2 Å². The largest absolute Gasteiger partial charge is 0.487 e. The molecule has 2 heterocycles. The summed E-state index contributed by atoms with van der Waals surface area (Å²) in [5, 5.41) is 0. The van der Waals surface area contributed by atoms with Crippen molar-refractivity contribution in [2.24, 2.45) is 11.5 Å². The molecule has 1 aliphatic rings. The molecule has 0 saturated carbocycles. The lowest BCUT2D eigenvalue weighted by Gasteiger charge is -2.32. The lowest BCUT2D eigenvalue weighted by Crippen LogP contribution is -2.41. The van der Waals surface area contributed by atoms with Crippen molar-refractivity contribution in [2.75, 3.05) is 6.54 Å². The fourth-order valence-electron chi connectivity index (χ4n) is 2.03. The summed E-state index contributed by atoms with van der Waals surface area (Å²) in [5.41, 5.74) is 12.4. The molecule has 5 nitrogen and oxygen atoms in total. The van der Waals surface area contributed by atoms with Gasteiger partial charge in [-0.15, -0.1) is 0 Å². The smallest absolute Gasteiger partial charge is 0.400 e. The van der Waals surface area contributed by atoms with Crippen LogP contribution in [0.1, 0.15) is 45.1 Å². The predicted molar refractivity (Wildman–Crippen MR) is 85.3 cm³/mol. The van der Waals surface area contributed by atoms with E-state index in [1.54, 1.807) is 0 Å². The summed E-state index contributed by atoms with van der Waals surface area (Å²) in [6, 6.07) is 5.47. The topological polar surface area (TPSA) is 83.4 Å². The molecule has 1 aromatic heterocycles. The van der Waals surface area contributed by atoms with Gasteiger partial charge in [-0.25, -0.2) is 0 Å². The Morgan fingerprint density at radius 2 is 1.86 bits per heavy atom. The highest BCUT2D eigenvalue weighted by Gasteiger charge is 2.49. The number of pyridine rings is 1. The lowest BCUT2D eigenvalue weighted by molar-refractivity contribution is 0.00578. The zero-order valence-electron chi connectivity index (χ0n) is 13.2. The number of nitrogens with zero attached hydrogens (tertiary/aromatic N) is 1. The fraction of sp³-hybridized carbons (Fsp3) is 0.533. The molecule has 1 aliphatic heterocycles. The van der Waals surface area contributed by atoms with Gasteiger partial charge in [0.25, 0.3) is 0 Å². The summed E-state index contributed by atoms with van der Waals surface area (Å²) < 4.78 is 11.8. The molecular formula is C15H24BN3O2. The van der Waals surface area contributed by atoms with Crippen LogP contribution in [-0.4, -0.2) is 29.8 Å². The molecule has 1 aromatic rings. The molecule has 0 aromatic carbocycles. The van der Waals surface area contributed by atoms with Gasteiger partial charge < -0.3 is 20.8 Å². The summed E-state index contributed by atoms with van der Waals surface area (Å²) in [7, 11) is -0.372. The summed E-state index contributed by atoms with van der Waals surface area (Å²) in [6.45, 7) is 8.48. The Balaban J connectivity index is 2.09. The van der Waals surface area contributed by atoms with Gasteiger partial charge in [0, 0.05) is 6.54 Å². The molecule has 6 heteroatoms. The van der Waals surface area contributed by atoms with Crippen LogP contribution in [0.3, 0.4) is 0 Å². The summed E-state index contributed by atoms with van der Waals surface area (Å²) in [4.78, 5) is 4.47. The Kier molecular flexibility index (Phi) is 4.53. The van der Waals surface area contributed by atoms with Crippen LogP contribution in [-0.2, 0) is 9.31 Å². The van der Waals surface area contributed by atoms with Crippen LogP contribution in [0.4, 0.5) is 0 Å². The second kappa shape index (κ2) is 5.89. The van der Waals surface area contributed by atoms with Gasteiger partial charge in [0.1, 0.15) is 0 Å². The third kappa shape index (κ3) is 3.52. The number of aromatic nitrogens is 1. The number of rotatable bonds is 4. The van der Waals surface area contributed by atoms with Crippen molar-refractivity contribution in [2.45, 2.75) is 44.9 Å². The van der Waals surface area contributed by atoms with Gasteiger partial charge in [-0.05, 0) is 45.9 Å². The van der Waals surface area contributed by atoms with E-state index in [9.17, 15) is 0 Å². The fourth-order valence-corrected chi connectivity index (χ4v) is 2.03. The molecule has 1 fully saturated rings. The summed E-state index contributed by atoms with van der Waals surface area (Å²) in [6.07, 6.45) is 1.88. The van der Waals surface area contributed by atoms with Gasteiger partial charge >= 0.3 is 7.12 Å². The van der Waals surface area contributed by atoms with Crippen molar-refractivity contribution in [3.63, 3.8) is 0 Å². The number of hydrogen-bond acceptors (Lipinski definition) is 5. The molecule has 0 radical (unpaired) electrons. The van der Waals surface area contributed by atoms with Crippen LogP contribution in [0.2, 0.25) is 0 Å². The van der Waals surface area contributed by atoms with Crippen LogP contribution in [0, 0.1) is 0 Å². The number of nitrogens with two attached hydrogens (primary N) is 2. The minimum Gasteiger partial charge on any atom is -0.400 e. The normalized spacial score (nSPS) is 21.9. The predicted octanol–water partition coefficient (Wildman–Crippen LogP) is 1.68. The first-order chi connectivity index (χ1) is 9.75. The average Bonchev–Trinajstić information content (AvgIpc) is 2.64. The molecule has 0 spiro atoms. The molecule has 114 valence electrons. The third-order valence-corrected chi connectivity index (χ3v) is 4.12. The van der Waals surface area contributed by atoms with E-state index in [2.05, 4.69) is 4.98 Å². The Morgan fingerprint density at radius 1 is 1.24 bits per heavy atom. The second-order valence-electron chi connectivity index (χ2n) is 6.31. The minimum atomic E-state index is -0.372. The molecule has 21 heavy (non-hydrogen) atoms. The standard InChI is InChI=1S/C15H24BN3O2/c1-14(2)15(3,4)21-16(20-14)9-8-11-6-5-7-13(19-11)12(18)10-17/h5-9,12H,10,17-18H2,1-4H3/b9-8+/t12-/m1/s1. The molecule has 4 N–H and O–H groups in total. The highest BCUT2D eigenvalue weighted by molar-refractivity contribution is 6.52. The third-order valence-electron chi connectivity index (χ3n) is 4.12. The Hall–Kier alpha value is -1.21. The van der Waals surface area contributed by atoms with Gasteiger partial charge in [0.15, 0.2) is 0 Å². The monoisotopic (exact) mass is 289 g/mol. The van der Waals surface area contributed by atoms with Crippen molar-refractivity contribution < 1.29 is 9.31 Å². The SMILES string of the molecule is CC1(C)OB(/C=C/c2cccc([C@H](N)CN)n2)OC1(C)C. The molecule has 0 aliphatic carbocycles. The van der Waals surface area contributed by atoms with Gasteiger partial charge in [-0.2, -0.15) is 0 Å². The average molecular weight is 289 g/mol. The molecule has 0 unspecified atom stereocenters. The summed E-state index contributed by atoms with van der Waals surface area (Å²) >= 11 is 0. The highest BCUT2D eigenvalue weighted by atomic mass is 16.7. The van der Waals surface area contributed by atoms with Crippen LogP contribution in [0.5, 0.6) is 0 Å². The van der Waals surface area contributed by atoms with E-state index in [4.69, 9.17) is 20.8 Å². The molecule has 2 rings (SSSR count). The number of hydrogen-bond donors (Lipinski definition) is 2. The summed E-state index contributed by atoms with van der Waals surface area (Å²) in [5.74, 6) is 1.87. The van der Waals surface area contributed by atoms with Gasteiger partial charge in [-0.3, -0.25) is 4.98 Å². The molecule has 0 amide bonds. The maximum Gasteiger partial charge on any atom is 0.487 e. The molecule has 0 bridgehead atoms. The Bertz CT molecular complexity index is 515. The Morgan fingerprint density at radius 3 is 2.43 bits per heavy atom. The van der Waals surface area contributed by atoms with Gasteiger partial charge in [0.05, 0.1) is 28.6 Å². The molecular weight excluding hydrogens is 265 g/mol. The van der Waals surface area contributed by atoms with E-state index in [-0.39, 0.29) is 24.4 Å². The quantitative estimate of drug-likeness (QED) is 0.824. The Labute approximate surface area is 126 Å². The van der Waals surface area contributed by atoms with Gasteiger partial charge in [-0.1, -0.05) is 12.0 Å². The second-order valence-corrected chi connectivity index (χ2v) is 6.31. The maximum absolute atomic E-state index is 5.90. The van der Waals surface area contributed by atoms with E-state index in [0.29, 0.717) is 6.54 Å². The lowest BCUT2D eigenvalue weighted by atomic mass is 9.89. The van der Waals surface area contributed by atoms with E-state index >= 15 is 0 Å². The zero-order chi connectivity index (χ0) is 15.7. The maximum atomic E-state index is 5.90. The van der Waals surface area contributed by atoms with Crippen LogP contribution < -0.4 is 11.5 Å². The van der Waals surface area contributed by atoms with E-state index in [1.807, 2.05) is 57.9 Å². The van der Waals surface area contributed by atoms with E-state index in [1.165, 1.54) is 0 Å². The van der Waals surface area contributed by atoms with Crippen molar-refractivity contribution >= 4 is 13.2 Å². The van der Waals surface area contributed by atoms with Crippen molar-refractivity contribution in [1.29, 1.82) is 0 Å². The van der Waals surface area contributed by atoms with Crippen molar-refractivity contribution in [3.8, 4) is 0 Å². The van der Waals surface area contributed by atoms with E-state index < -0.39 is 0 Å². The molecule has 1 saturated heterocycles. The van der Waals surface area contributed by atoms with Crippen LogP contribution in [0.25, 0.3) is 6.08 Å². The first-order valence-electron chi connectivity index (χ1n) is 7.21. The zero-order valence-corrected chi connectivity index (χ0v) is 13.2. The van der Waals surface area contributed by atoms with E-state index in [0.717, 1.165) is 11.4 Å².